The summed E-state index contributed by atoms with van der Waals surface area (Å²) in [5.74, 6) is 5.48. The van der Waals surface area contributed by atoms with Gasteiger partial charge in [-0.1, -0.05) is 23.5 Å². The lowest BCUT2D eigenvalue weighted by Gasteiger charge is -2.17. The Kier molecular flexibility index (Phi) is 8.43. The van der Waals surface area contributed by atoms with Crippen molar-refractivity contribution in [1.82, 2.24) is 19.8 Å². The molecule has 0 saturated heterocycles. The van der Waals surface area contributed by atoms with Gasteiger partial charge in [0.05, 0.1) is 17.1 Å². The molecule has 3 amide bonds. The number of aryl methyl sites for hydroxylation is 1. The molecule has 0 aliphatic heterocycles. The van der Waals surface area contributed by atoms with E-state index in [-0.39, 0.29) is 23.3 Å². The number of primary amides is 1. The van der Waals surface area contributed by atoms with Gasteiger partial charge in [0.15, 0.2) is 0 Å². The number of nitrogens with two attached hydrogens (primary N) is 2. The number of anilines is 1. The van der Waals surface area contributed by atoms with Gasteiger partial charge in [-0.2, -0.15) is 0 Å². The number of fused-ring (bicyclic) bond motifs is 1. The molecule has 2 aromatic rings. The first kappa shape index (κ1) is 24.4. The summed E-state index contributed by atoms with van der Waals surface area (Å²) in [4.78, 5) is 39.5. The van der Waals surface area contributed by atoms with Crippen LogP contribution in [0.2, 0.25) is 0 Å². The van der Waals surface area contributed by atoms with Gasteiger partial charge in [-0.25, -0.2) is 4.68 Å². The Morgan fingerprint density at radius 1 is 1.09 bits per heavy atom. The second kappa shape index (κ2) is 11.1. The zero-order valence-electron chi connectivity index (χ0n) is 18.0. The summed E-state index contributed by atoms with van der Waals surface area (Å²) in [5.41, 5.74) is 6.98. The maximum Gasteiger partial charge on any atom is 0.251 e. The van der Waals surface area contributed by atoms with E-state index in [0.29, 0.717) is 34.0 Å². The van der Waals surface area contributed by atoms with Crippen LogP contribution in [0.4, 0.5) is 5.00 Å². The van der Waals surface area contributed by atoms with Crippen molar-refractivity contribution in [2.75, 3.05) is 35.8 Å². The number of aromatic nitrogens is 3. The molecule has 0 spiro atoms. The first-order valence-corrected chi connectivity index (χ1v) is 13.1. The van der Waals surface area contributed by atoms with E-state index in [1.165, 1.54) is 27.8 Å². The maximum atomic E-state index is 12.5. The molecule has 10 nitrogen and oxygen atoms in total. The van der Waals surface area contributed by atoms with Gasteiger partial charge >= 0.3 is 0 Å². The number of rotatable bonds is 10. The van der Waals surface area contributed by atoms with Crippen molar-refractivity contribution in [3.8, 4) is 0 Å². The van der Waals surface area contributed by atoms with E-state index in [0.717, 1.165) is 47.9 Å². The van der Waals surface area contributed by atoms with Crippen LogP contribution in [-0.2, 0) is 22.4 Å². The summed E-state index contributed by atoms with van der Waals surface area (Å²) in [5, 5.41) is 12.1. The van der Waals surface area contributed by atoms with Crippen LogP contribution in [-0.4, -0.2) is 62.1 Å². The summed E-state index contributed by atoms with van der Waals surface area (Å²) in [6.45, 7) is 5.14. The van der Waals surface area contributed by atoms with Gasteiger partial charge in [0.2, 0.25) is 22.1 Å². The average Bonchev–Trinajstić information content (AvgIpc) is 3.31. The zero-order chi connectivity index (χ0) is 23.3. The number of thiophene rings is 1. The van der Waals surface area contributed by atoms with Gasteiger partial charge in [-0.3, -0.25) is 14.4 Å². The number of nitrogen functional groups attached to an aromatic ring is 1. The molecule has 0 aromatic carbocycles. The third-order valence-corrected chi connectivity index (χ3v) is 8.16. The van der Waals surface area contributed by atoms with Gasteiger partial charge in [0.25, 0.3) is 5.91 Å². The first-order valence-electron chi connectivity index (χ1n) is 10.3. The van der Waals surface area contributed by atoms with Crippen molar-refractivity contribution >= 4 is 57.6 Å². The number of hydrogen-bond acceptors (Lipinski definition) is 9. The summed E-state index contributed by atoms with van der Waals surface area (Å²) < 4.78 is 1.27. The Bertz CT molecular complexity index is 1000. The van der Waals surface area contributed by atoms with Crippen molar-refractivity contribution in [2.24, 2.45) is 5.73 Å². The number of nitrogens with zero attached hydrogens (tertiary/aromatic N) is 4. The molecule has 5 N–H and O–H groups in total. The molecule has 174 valence electrons. The van der Waals surface area contributed by atoms with E-state index in [1.54, 1.807) is 4.90 Å². The lowest BCUT2D eigenvalue weighted by Crippen LogP contribution is -2.32. The third kappa shape index (κ3) is 5.56. The minimum absolute atomic E-state index is 0.000445. The monoisotopic (exact) mass is 497 g/mol. The molecule has 2 heterocycles. The highest BCUT2D eigenvalue weighted by molar-refractivity contribution is 8.00. The highest BCUT2D eigenvalue weighted by Crippen LogP contribution is 2.38. The van der Waals surface area contributed by atoms with E-state index in [9.17, 15) is 14.4 Å². The number of nitrogens with one attached hydrogen (secondary N) is 1. The second-order valence-corrected chi connectivity index (χ2v) is 10.1. The van der Waals surface area contributed by atoms with Crippen LogP contribution in [0.3, 0.4) is 0 Å². The maximum absolute atomic E-state index is 12.5. The molecular formula is C19H27N7O3S3. The Morgan fingerprint density at radius 2 is 1.72 bits per heavy atom. The van der Waals surface area contributed by atoms with Crippen LogP contribution in [0.1, 0.15) is 47.5 Å². The quantitative estimate of drug-likeness (QED) is 0.332. The van der Waals surface area contributed by atoms with Crippen LogP contribution < -0.4 is 16.9 Å². The predicted octanol–water partition coefficient (Wildman–Crippen LogP) is 1.72. The molecule has 0 fully saturated rings. The summed E-state index contributed by atoms with van der Waals surface area (Å²) in [6.07, 6.45) is 3.79. The normalized spacial score (nSPS) is 12.9. The Balaban J connectivity index is 1.58. The number of carbonyl (C=O) groups excluding carboxylic acids is 3. The third-order valence-electron chi connectivity index (χ3n) is 5.08. The number of carbonyl (C=O) groups is 3. The van der Waals surface area contributed by atoms with Gasteiger partial charge < -0.3 is 21.8 Å². The fourth-order valence-corrected chi connectivity index (χ4v) is 6.25. The summed E-state index contributed by atoms with van der Waals surface area (Å²) >= 11 is 3.75. The van der Waals surface area contributed by atoms with Crippen LogP contribution in [0.5, 0.6) is 0 Å². The molecule has 0 unspecified atom stereocenters. The Morgan fingerprint density at radius 3 is 2.34 bits per heavy atom. The fourth-order valence-electron chi connectivity index (χ4n) is 3.46. The van der Waals surface area contributed by atoms with E-state index >= 15 is 0 Å². The minimum atomic E-state index is -0.519. The molecule has 2 aromatic heterocycles. The van der Waals surface area contributed by atoms with Gasteiger partial charge in [0, 0.05) is 18.0 Å². The van der Waals surface area contributed by atoms with E-state index in [2.05, 4.69) is 15.5 Å². The Labute approximate surface area is 198 Å². The smallest absolute Gasteiger partial charge is 0.251 e. The number of hydrogen-bond donors (Lipinski definition) is 3. The van der Waals surface area contributed by atoms with Crippen molar-refractivity contribution in [3.05, 3.63) is 16.0 Å². The molecule has 0 radical (unpaired) electrons. The van der Waals surface area contributed by atoms with Crippen molar-refractivity contribution in [1.29, 1.82) is 0 Å². The van der Waals surface area contributed by atoms with E-state index < -0.39 is 5.91 Å². The highest BCUT2D eigenvalue weighted by Gasteiger charge is 2.25. The zero-order valence-corrected chi connectivity index (χ0v) is 20.5. The fraction of sp³-hybridized carbons (Fsp3) is 0.526. The molecule has 0 saturated carbocycles. The van der Waals surface area contributed by atoms with Gasteiger partial charge in [0.1, 0.15) is 5.00 Å². The molecular weight excluding hydrogens is 470 g/mol. The average molecular weight is 498 g/mol. The van der Waals surface area contributed by atoms with Crippen molar-refractivity contribution in [3.63, 3.8) is 0 Å². The van der Waals surface area contributed by atoms with Gasteiger partial charge in [-0.15, -0.1) is 21.5 Å². The molecule has 13 heteroatoms. The van der Waals surface area contributed by atoms with E-state index in [1.807, 2.05) is 13.8 Å². The predicted molar refractivity (Wildman–Crippen MR) is 128 cm³/mol. The number of thioether (sulfide) groups is 2. The lowest BCUT2D eigenvalue weighted by atomic mass is 9.95. The molecule has 0 atom stereocenters. The summed E-state index contributed by atoms with van der Waals surface area (Å²) in [7, 11) is 0. The lowest BCUT2D eigenvalue weighted by molar-refractivity contribution is -0.128. The largest absolute Gasteiger partial charge is 0.365 e. The highest BCUT2D eigenvalue weighted by atomic mass is 32.2. The molecule has 3 rings (SSSR count). The van der Waals surface area contributed by atoms with Crippen LogP contribution >= 0.6 is 34.9 Å². The van der Waals surface area contributed by atoms with Crippen molar-refractivity contribution < 1.29 is 14.4 Å². The standard InChI is InChI=1S/C19H27N7O3S3/c1-3-25(4-2)14(28)10-31-19-24-23-18(26(19)21)30-9-13(27)22-17-15(16(20)29)11-7-5-6-8-12(11)32-17/h3-10,21H2,1-2H3,(H2,20,29)(H,22,27). The van der Waals surface area contributed by atoms with Crippen LogP contribution in [0, 0.1) is 0 Å². The van der Waals surface area contributed by atoms with E-state index in [4.69, 9.17) is 11.6 Å². The topological polar surface area (TPSA) is 149 Å². The molecule has 32 heavy (non-hydrogen) atoms. The molecule has 1 aliphatic rings. The summed E-state index contributed by atoms with van der Waals surface area (Å²) in [6, 6.07) is 0. The van der Waals surface area contributed by atoms with Crippen molar-refractivity contribution in [2.45, 2.75) is 49.8 Å². The molecule has 0 bridgehead atoms. The molecule has 1 aliphatic carbocycles. The SMILES string of the molecule is CCN(CC)C(=O)CSc1nnc(SCC(=O)Nc2sc3c(c2C(N)=O)CCCC3)n1N. The van der Waals surface area contributed by atoms with Crippen LogP contribution in [0.25, 0.3) is 0 Å². The minimum Gasteiger partial charge on any atom is -0.365 e. The number of amides is 3. The van der Waals surface area contributed by atoms with Crippen LogP contribution in [0.15, 0.2) is 10.3 Å². The Hall–Kier alpha value is -2.25. The van der Waals surface area contributed by atoms with Gasteiger partial charge in [-0.05, 0) is 45.1 Å². The first-order chi connectivity index (χ1) is 15.3. The second-order valence-electron chi connectivity index (χ2n) is 7.11.